The molecule has 0 aliphatic carbocycles. The van der Waals surface area contributed by atoms with Crippen LogP contribution in [0.3, 0.4) is 0 Å². The van der Waals surface area contributed by atoms with Crippen LogP contribution >= 0.6 is 0 Å². The predicted octanol–water partition coefficient (Wildman–Crippen LogP) is -0.196. The summed E-state index contributed by atoms with van der Waals surface area (Å²) in [6, 6.07) is 0. The second-order valence-corrected chi connectivity index (χ2v) is 5.78. The lowest BCUT2D eigenvalue weighted by Crippen LogP contribution is -2.39. The minimum absolute atomic E-state index is 0.298. The fraction of sp³-hybridized carbons (Fsp3) is 0.556. The molecule has 0 fully saturated rings. The molecular weight excluding hydrogens is 230 g/mol. The van der Waals surface area contributed by atoms with Gasteiger partial charge in [0.05, 0.1) is 17.4 Å². The SMILES string of the molecule is Cc1c[n+]([O-])c([C@@H](C)[C@H](C)S(N)(=O)=O)cn1. The van der Waals surface area contributed by atoms with Crippen molar-refractivity contribution in [2.24, 2.45) is 5.14 Å². The van der Waals surface area contributed by atoms with Crippen molar-refractivity contribution in [1.29, 1.82) is 0 Å². The number of nitrogens with zero attached hydrogens (tertiary/aromatic N) is 2. The van der Waals surface area contributed by atoms with E-state index in [1.807, 2.05) is 0 Å². The number of sulfonamides is 1. The molecule has 0 aliphatic heterocycles. The third-order valence-corrected chi connectivity index (χ3v) is 4.09. The summed E-state index contributed by atoms with van der Waals surface area (Å²) in [5.41, 5.74) is 0.876. The first-order valence-electron chi connectivity index (χ1n) is 4.80. The Morgan fingerprint density at radius 1 is 1.50 bits per heavy atom. The Bertz CT molecular complexity index is 487. The van der Waals surface area contributed by atoms with Crippen LogP contribution in [-0.2, 0) is 10.0 Å². The van der Waals surface area contributed by atoms with E-state index in [0.717, 1.165) is 0 Å². The Morgan fingerprint density at radius 2 is 2.06 bits per heavy atom. The van der Waals surface area contributed by atoms with Gasteiger partial charge in [0.1, 0.15) is 5.69 Å². The summed E-state index contributed by atoms with van der Waals surface area (Å²) < 4.78 is 23.0. The van der Waals surface area contributed by atoms with Crippen LogP contribution in [0.15, 0.2) is 12.4 Å². The highest BCUT2D eigenvalue weighted by Crippen LogP contribution is 2.19. The van der Waals surface area contributed by atoms with E-state index in [0.29, 0.717) is 16.1 Å². The predicted molar refractivity (Wildman–Crippen MR) is 58.9 cm³/mol. The molecule has 1 heterocycles. The highest BCUT2D eigenvalue weighted by Gasteiger charge is 2.29. The van der Waals surface area contributed by atoms with Crippen molar-refractivity contribution in [2.45, 2.75) is 31.9 Å². The first-order chi connectivity index (χ1) is 7.23. The molecule has 0 amide bonds. The van der Waals surface area contributed by atoms with Gasteiger partial charge in [-0.05, 0) is 13.8 Å². The average Bonchev–Trinajstić information content (AvgIpc) is 2.14. The summed E-state index contributed by atoms with van der Waals surface area (Å²) in [7, 11) is -3.66. The van der Waals surface area contributed by atoms with E-state index in [-0.39, 0.29) is 0 Å². The smallest absolute Gasteiger partial charge is 0.215 e. The molecule has 0 aliphatic rings. The molecule has 2 atom stereocenters. The summed E-state index contributed by atoms with van der Waals surface area (Å²) in [6.45, 7) is 4.79. The standard InChI is InChI=1S/C9H15N3O3S/c1-6-5-12(13)9(4-11-6)7(2)8(3)16(10,14)15/h4-5,7-8H,1-3H3,(H2,10,14,15)/t7-,8-/m0/s1. The molecule has 2 N–H and O–H groups in total. The molecule has 90 valence electrons. The molecule has 0 spiro atoms. The van der Waals surface area contributed by atoms with Crippen molar-refractivity contribution < 1.29 is 13.1 Å². The van der Waals surface area contributed by atoms with Crippen LogP contribution in [0.4, 0.5) is 0 Å². The second kappa shape index (κ2) is 4.34. The molecule has 0 unspecified atom stereocenters. The molecule has 0 aromatic carbocycles. The summed E-state index contributed by atoms with van der Waals surface area (Å²) in [5.74, 6) is -0.499. The molecular formula is C9H15N3O3S. The van der Waals surface area contributed by atoms with Crippen molar-refractivity contribution in [2.75, 3.05) is 0 Å². The van der Waals surface area contributed by atoms with Gasteiger partial charge in [-0.15, -0.1) is 0 Å². The highest BCUT2D eigenvalue weighted by molar-refractivity contribution is 7.89. The fourth-order valence-electron chi connectivity index (χ4n) is 1.35. The van der Waals surface area contributed by atoms with Crippen LogP contribution in [-0.4, -0.2) is 18.7 Å². The third kappa shape index (κ3) is 2.67. The van der Waals surface area contributed by atoms with Gasteiger partial charge in [0.25, 0.3) is 0 Å². The summed E-state index contributed by atoms with van der Waals surface area (Å²) in [5, 5.41) is 15.8. The molecule has 0 bridgehead atoms. The van der Waals surface area contributed by atoms with Crippen LogP contribution in [0.5, 0.6) is 0 Å². The van der Waals surface area contributed by atoms with Crippen molar-refractivity contribution in [3.05, 3.63) is 29.0 Å². The van der Waals surface area contributed by atoms with Gasteiger partial charge in [-0.25, -0.2) is 18.5 Å². The topological polar surface area (TPSA) is 100.0 Å². The molecule has 0 radical (unpaired) electrons. The number of hydrogen-bond donors (Lipinski definition) is 1. The Labute approximate surface area is 94.8 Å². The molecule has 0 saturated heterocycles. The zero-order chi connectivity index (χ0) is 12.5. The van der Waals surface area contributed by atoms with E-state index in [2.05, 4.69) is 4.98 Å². The minimum Gasteiger partial charge on any atom is -0.618 e. The number of aromatic nitrogens is 2. The maximum Gasteiger partial charge on any atom is 0.215 e. The molecule has 0 saturated carbocycles. The Hall–Kier alpha value is -1.21. The number of hydrogen-bond acceptors (Lipinski definition) is 4. The lowest BCUT2D eigenvalue weighted by Gasteiger charge is -2.16. The lowest BCUT2D eigenvalue weighted by atomic mass is 10.1. The number of primary sulfonamides is 1. The number of rotatable bonds is 3. The molecule has 1 rings (SSSR count). The van der Waals surface area contributed by atoms with Gasteiger partial charge in [0.2, 0.25) is 21.9 Å². The summed E-state index contributed by atoms with van der Waals surface area (Å²) in [6.07, 6.45) is 2.69. The van der Waals surface area contributed by atoms with Gasteiger partial charge in [0.15, 0.2) is 0 Å². The Balaban J connectivity index is 3.10. The van der Waals surface area contributed by atoms with Crippen molar-refractivity contribution in [1.82, 2.24) is 4.98 Å². The zero-order valence-corrected chi connectivity index (χ0v) is 10.2. The molecule has 16 heavy (non-hydrogen) atoms. The van der Waals surface area contributed by atoms with Gasteiger partial charge in [0, 0.05) is 0 Å². The minimum atomic E-state index is -3.66. The van der Waals surface area contributed by atoms with E-state index < -0.39 is 21.2 Å². The number of aryl methyl sites for hydroxylation is 1. The van der Waals surface area contributed by atoms with E-state index in [1.54, 1.807) is 13.8 Å². The van der Waals surface area contributed by atoms with Gasteiger partial charge in [-0.2, -0.15) is 4.73 Å². The number of nitrogens with two attached hydrogens (primary N) is 1. The normalized spacial score (nSPS) is 15.8. The average molecular weight is 245 g/mol. The van der Waals surface area contributed by atoms with Crippen LogP contribution in [0.2, 0.25) is 0 Å². The highest BCUT2D eigenvalue weighted by atomic mass is 32.2. The van der Waals surface area contributed by atoms with Gasteiger partial charge >= 0.3 is 0 Å². The second-order valence-electron chi connectivity index (χ2n) is 3.86. The first kappa shape index (κ1) is 12.9. The summed E-state index contributed by atoms with van der Waals surface area (Å²) >= 11 is 0. The lowest BCUT2D eigenvalue weighted by molar-refractivity contribution is -0.616. The maximum absolute atomic E-state index is 11.6. The monoisotopic (exact) mass is 245 g/mol. The zero-order valence-electron chi connectivity index (χ0n) is 9.41. The van der Waals surface area contributed by atoms with E-state index >= 15 is 0 Å². The van der Waals surface area contributed by atoms with Gasteiger partial charge in [-0.1, -0.05) is 6.92 Å². The quantitative estimate of drug-likeness (QED) is 0.589. The van der Waals surface area contributed by atoms with E-state index in [4.69, 9.17) is 5.14 Å². The summed E-state index contributed by atoms with van der Waals surface area (Å²) in [4.78, 5) is 3.97. The molecule has 1 aromatic rings. The van der Waals surface area contributed by atoms with Crippen LogP contribution in [0.25, 0.3) is 0 Å². The molecule has 6 nitrogen and oxygen atoms in total. The Morgan fingerprint density at radius 3 is 2.50 bits per heavy atom. The largest absolute Gasteiger partial charge is 0.618 e. The van der Waals surface area contributed by atoms with Crippen LogP contribution in [0, 0.1) is 12.1 Å². The van der Waals surface area contributed by atoms with Crippen molar-refractivity contribution in [3.63, 3.8) is 0 Å². The van der Waals surface area contributed by atoms with Crippen LogP contribution < -0.4 is 9.87 Å². The van der Waals surface area contributed by atoms with Gasteiger partial charge < -0.3 is 5.21 Å². The van der Waals surface area contributed by atoms with E-state index in [9.17, 15) is 13.6 Å². The van der Waals surface area contributed by atoms with Crippen LogP contribution in [0.1, 0.15) is 31.2 Å². The molecule has 7 heteroatoms. The fourth-order valence-corrected chi connectivity index (χ4v) is 2.05. The Kier molecular flexibility index (Phi) is 3.49. The van der Waals surface area contributed by atoms with Gasteiger partial charge in [-0.3, -0.25) is 0 Å². The van der Waals surface area contributed by atoms with Crippen molar-refractivity contribution >= 4 is 10.0 Å². The maximum atomic E-state index is 11.6. The van der Waals surface area contributed by atoms with Crippen molar-refractivity contribution in [3.8, 4) is 0 Å². The van der Waals surface area contributed by atoms with E-state index in [1.165, 1.54) is 19.3 Å². The first-order valence-corrected chi connectivity index (χ1v) is 6.41. The third-order valence-electron chi connectivity index (χ3n) is 2.65. The molecule has 1 aromatic heterocycles.